The van der Waals surface area contributed by atoms with Gasteiger partial charge in [0.1, 0.15) is 6.04 Å². The molecule has 4 heteroatoms. The maximum atomic E-state index is 11.1. The lowest BCUT2D eigenvalue weighted by molar-refractivity contribution is -0.157. The van der Waals surface area contributed by atoms with Gasteiger partial charge in [0, 0.05) is 0 Å². The minimum atomic E-state index is -0.401. The van der Waals surface area contributed by atoms with Crippen molar-refractivity contribution in [2.24, 2.45) is 5.92 Å². The molecule has 1 amide bonds. The highest BCUT2D eigenvalue weighted by atomic mass is 16.5. The normalized spacial score (nSPS) is 27.3. The molecule has 1 aliphatic heterocycles. The molecule has 1 heterocycles. The Morgan fingerprint density at radius 2 is 2.25 bits per heavy atom. The molecule has 1 N–H and O–H groups in total. The van der Waals surface area contributed by atoms with Crippen LogP contribution in [0.5, 0.6) is 0 Å². The molecular formula is C8H13NO3. The molecule has 2 atom stereocenters. The van der Waals surface area contributed by atoms with Gasteiger partial charge < -0.3 is 10.1 Å². The van der Waals surface area contributed by atoms with Gasteiger partial charge in [-0.05, 0) is 13.3 Å². The van der Waals surface area contributed by atoms with Crippen molar-refractivity contribution in [2.45, 2.75) is 26.3 Å². The molecule has 0 aromatic rings. The van der Waals surface area contributed by atoms with Gasteiger partial charge in [-0.2, -0.15) is 0 Å². The van der Waals surface area contributed by atoms with Gasteiger partial charge in [-0.15, -0.1) is 0 Å². The first-order chi connectivity index (χ1) is 5.70. The molecule has 0 spiro atoms. The highest BCUT2D eigenvalue weighted by molar-refractivity contribution is 5.97. The number of carbonyl (C=O) groups excluding carboxylic acids is 2. The van der Waals surface area contributed by atoms with Crippen LogP contribution in [0.4, 0.5) is 0 Å². The number of amides is 1. The molecule has 0 radical (unpaired) electrons. The Kier molecular flexibility index (Phi) is 2.68. The van der Waals surface area contributed by atoms with Gasteiger partial charge in [0.05, 0.1) is 12.5 Å². The fourth-order valence-corrected chi connectivity index (χ4v) is 1.29. The smallest absolute Gasteiger partial charge is 0.329 e. The third-order valence-corrected chi connectivity index (χ3v) is 2.02. The first-order valence-electron chi connectivity index (χ1n) is 4.17. The van der Waals surface area contributed by atoms with E-state index in [9.17, 15) is 9.59 Å². The molecule has 0 bridgehead atoms. The average molecular weight is 171 g/mol. The van der Waals surface area contributed by atoms with Crippen LogP contribution in [0.2, 0.25) is 0 Å². The average Bonchev–Trinajstić information content (AvgIpc) is 2.01. The summed E-state index contributed by atoms with van der Waals surface area (Å²) in [5.41, 5.74) is 0. The summed E-state index contributed by atoms with van der Waals surface area (Å²) in [7, 11) is 0. The van der Waals surface area contributed by atoms with E-state index in [1.807, 2.05) is 6.92 Å². The van der Waals surface area contributed by atoms with Crippen LogP contribution in [0.25, 0.3) is 0 Å². The van der Waals surface area contributed by atoms with Crippen LogP contribution in [-0.2, 0) is 14.3 Å². The summed E-state index contributed by atoms with van der Waals surface area (Å²) in [4.78, 5) is 22.0. The molecule has 1 rings (SSSR count). The topological polar surface area (TPSA) is 55.4 Å². The zero-order chi connectivity index (χ0) is 9.14. The second-order valence-corrected chi connectivity index (χ2v) is 2.75. The molecule has 1 aliphatic rings. The SMILES string of the molecule is CCOC(=O)[C@@H]1NC(=O)[C@H]1CC. The molecule has 0 unspecified atom stereocenters. The lowest BCUT2D eigenvalue weighted by Crippen LogP contribution is -2.62. The van der Waals surface area contributed by atoms with E-state index >= 15 is 0 Å². The van der Waals surface area contributed by atoms with Crippen molar-refractivity contribution < 1.29 is 14.3 Å². The quantitative estimate of drug-likeness (QED) is 0.483. The van der Waals surface area contributed by atoms with Crippen LogP contribution in [-0.4, -0.2) is 24.5 Å². The molecule has 12 heavy (non-hydrogen) atoms. The lowest BCUT2D eigenvalue weighted by atomic mass is 9.88. The third-order valence-electron chi connectivity index (χ3n) is 2.02. The zero-order valence-corrected chi connectivity index (χ0v) is 7.29. The van der Waals surface area contributed by atoms with E-state index in [0.29, 0.717) is 13.0 Å². The van der Waals surface area contributed by atoms with Gasteiger partial charge in [0.15, 0.2) is 0 Å². The Balaban J connectivity index is 2.44. The molecule has 1 fully saturated rings. The van der Waals surface area contributed by atoms with E-state index < -0.39 is 6.04 Å². The standard InChI is InChI=1S/C8H13NO3/c1-3-5-6(9-7(5)10)8(11)12-4-2/h5-6H,3-4H2,1-2H3,(H,9,10)/t5-,6+/m0/s1. The fourth-order valence-electron chi connectivity index (χ4n) is 1.29. The van der Waals surface area contributed by atoms with Gasteiger partial charge in [0.25, 0.3) is 0 Å². The van der Waals surface area contributed by atoms with Crippen LogP contribution in [0.1, 0.15) is 20.3 Å². The van der Waals surface area contributed by atoms with Crippen LogP contribution < -0.4 is 5.32 Å². The Labute approximate surface area is 71.3 Å². The second kappa shape index (κ2) is 3.56. The Morgan fingerprint density at radius 1 is 1.58 bits per heavy atom. The number of ether oxygens (including phenoxy) is 1. The van der Waals surface area contributed by atoms with Gasteiger partial charge in [-0.1, -0.05) is 6.92 Å². The van der Waals surface area contributed by atoms with Gasteiger partial charge in [-0.3, -0.25) is 4.79 Å². The van der Waals surface area contributed by atoms with Gasteiger partial charge in [0.2, 0.25) is 5.91 Å². The number of hydrogen-bond acceptors (Lipinski definition) is 3. The van der Waals surface area contributed by atoms with E-state index in [2.05, 4.69) is 5.32 Å². The summed E-state index contributed by atoms with van der Waals surface area (Å²) < 4.78 is 4.77. The monoisotopic (exact) mass is 171 g/mol. The minimum Gasteiger partial charge on any atom is -0.464 e. The molecule has 0 saturated carbocycles. The Hall–Kier alpha value is -1.06. The Morgan fingerprint density at radius 3 is 2.67 bits per heavy atom. The van der Waals surface area contributed by atoms with E-state index in [4.69, 9.17) is 4.74 Å². The maximum Gasteiger partial charge on any atom is 0.329 e. The summed E-state index contributed by atoms with van der Waals surface area (Å²) in [6.45, 7) is 4.00. The van der Waals surface area contributed by atoms with Gasteiger partial charge in [-0.25, -0.2) is 4.79 Å². The number of hydrogen-bond donors (Lipinski definition) is 1. The van der Waals surface area contributed by atoms with Crippen LogP contribution >= 0.6 is 0 Å². The van der Waals surface area contributed by atoms with Crippen molar-refractivity contribution in [2.75, 3.05) is 6.61 Å². The number of nitrogens with one attached hydrogen (secondary N) is 1. The van der Waals surface area contributed by atoms with E-state index in [-0.39, 0.29) is 17.8 Å². The van der Waals surface area contributed by atoms with Crippen LogP contribution in [0.15, 0.2) is 0 Å². The van der Waals surface area contributed by atoms with E-state index in [1.54, 1.807) is 6.92 Å². The molecule has 4 nitrogen and oxygen atoms in total. The summed E-state index contributed by atoms with van der Waals surface area (Å²) >= 11 is 0. The van der Waals surface area contributed by atoms with Crippen molar-refractivity contribution in [3.05, 3.63) is 0 Å². The molecule has 0 aromatic carbocycles. The second-order valence-electron chi connectivity index (χ2n) is 2.75. The van der Waals surface area contributed by atoms with Crippen molar-refractivity contribution in [1.82, 2.24) is 5.32 Å². The maximum absolute atomic E-state index is 11.1. The van der Waals surface area contributed by atoms with E-state index in [0.717, 1.165) is 0 Å². The van der Waals surface area contributed by atoms with Crippen molar-refractivity contribution in [1.29, 1.82) is 0 Å². The van der Waals surface area contributed by atoms with E-state index in [1.165, 1.54) is 0 Å². The molecular weight excluding hydrogens is 158 g/mol. The predicted molar refractivity (Wildman–Crippen MR) is 42.3 cm³/mol. The number of β-lactam (4-membered cyclic amide) rings is 1. The van der Waals surface area contributed by atoms with Crippen LogP contribution in [0, 0.1) is 5.92 Å². The highest BCUT2D eigenvalue weighted by Gasteiger charge is 2.43. The predicted octanol–water partition coefficient (Wildman–Crippen LogP) is 0.0741. The lowest BCUT2D eigenvalue weighted by Gasteiger charge is -2.33. The summed E-state index contributed by atoms with van der Waals surface area (Å²) in [5.74, 6) is -0.538. The summed E-state index contributed by atoms with van der Waals surface area (Å²) in [6.07, 6.45) is 0.690. The molecule has 0 aliphatic carbocycles. The molecule has 0 aromatic heterocycles. The zero-order valence-electron chi connectivity index (χ0n) is 7.29. The Bertz CT molecular complexity index is 202. The minimum absolute atomic E-state index is 0.0458. The van der Waals surface area contributed by atoms with Crippen molar-refractivity contribution >= 4 is 11.9 Å². The first kappa shape index (κ1) is 9.03. The fraction of sp³-hybridized carbons (Fsp3) is 0.750. The molecule has 68 valence electrons. The first-order valence-corrected chi connectivity index (χ1v) is 4.17. The number of carbonyl (C=O) groups is 2. The van der Waals surface area contributed by atoms with Crippen molar-refractivity contribution in [3.8, 4) is 0 Å². The molecule has 1 saturated heterocycles. The summed E-state index contributed by atoms with van der Waals surface area (Å²) in [5, 5.41) is 2.51. The third kappa shape index (κ3) is 1.42. The largest absolute Gasteiger partial charge is 0.464 e. The van der Waals surface area contributed by atoms with Crippen molar-refractivity contribution in [3.63, 3.8) is 0 Å². The number of rotatable bonds is 3. The number of esters is 1. The van der Waals surface area contributed by atoms with Crippen LogP contribution in [0.3, 0.4) is 0 Å². The van der Waals surface area contributed by atoms with Gasteiger partial charge >= 0.3 is 5.97 Å². The highest BCUT2D eigenvalue weighted by Crippen LogP contribution is 2.19. The summed E-state index contributed by atoms with van der Waals surface area (Å²) in [6, 6.07) is -0.401.